The number of benzene rings is 1. The van der Waals surface area contributed by atoms with Crippen molar-refractivity contribution < 1.29 is 16.8 Å². The summed E-state index contributed by atoms with van der Waals surface area (Å²) in [5, 5.41) is 0. The van der Waals surface area contributed by atoms with E-state index in [1.807, 2.05) is 0 Å². The van der Waals surface area contributed by atoms with Gasteiger partial charge in [0.05, 0.1) is 9.79 Å². The van der Waals surface area contributed by atoms with Crippen LogP contribution in [0.3, 0.4) is 0 Å². The van der Waals surface area contributed by atoms with Crippen LogP contribution in [0.4, 0.5) is 0 Å². The van der Waals surface area contributed by atoms with Gasteiger partial charge in [-0.15, -0.1) is 0 Å². The van der Waals surface area contributed by atoms with Crippen molar-refractivity contribution in [3.63, 3.8) is 0 Å². The molecule has 0 spiro atoms. The van der Waals surface area contributed by atoms with E-state index in [2.05, 4.69) is 0 Å². The van der Waals surface area contributed by atoms with E-state index in [1.165, 1.54) is 32.9 Å². The fourth-order valence-corrected chi connectivity index (χ4v) is 5.12. The Kier molecular flexibility index (Phi) is 6.54. The number of hydrogen-bond acceptors (Lipinski definition) is 4. The first-order valence-electron chi connectivity index (χ1n) is 7.35. The van der Waals surface area contributed by atoms with Crippen molar-refractivity contribution in [3.05, 3.63) is 24.3 Å². The first-order chi connectivity index (χ1) is 10.2. The summed E-state index contributed by atoms with van der Waals surface area (Å²) in [5.74, 6) is 0. The molecule has 0 amide bonds. The van der Waals surface area contributed by atoms with E-state index in [9.17, 15) is 16.8 Å². The molecule has 0 aromatic heterocycles. The maximum Gasteiger partial charge on any atom is 0.243 e. The Hall–Kier alpha value is -0.960. The Bertz CT molecular complexity index is 613. The summed E-state index contributed by atoms with van der Waals surface area (Å²) in [4.78, 5) is 0.212. The molecule has 22 heavy (non-hydrogen) atoms. The van der Waals surface area contributed by atoms with Crippen LogP contribution in [-0.4, -0.2) is 51.6 Å². The molecule has 126 valence electrons. The molecule has 0 aliphatic rings. The molecule has 0 bridgehead atoms. The largest absolute Gasteiger partial charge is 0.243 e. The van der Waals surface area contributed by atoms with Gasteiger partial charge in [0.1, 0.15) is 0 Å². The van der Waals surface area contributed by atoms with E-state index in [-0.39, 0.29) is 9.79 Å². The molecule has 0 saturated carbocycles. The van der Waals surface area contributed by atoms with Gasteiger partial charge in [0.2, 0.25) is 20.0 Å². The molecule has 0 fully saturated rings. The zero-order chi connectivity index (χ0) is 17.0. The van der Waals surface area contributed by atoms with Crippen LogP contribution in [0.1, 0.15) is 27.7 Å². The standard InChI is InChI=1S/C14H24N2O4S2/c1-5-15(6-2)21(17,18)13-9-11-14(12-10-13)22(19,20)16(7-3)8-4/h9-12H,5-8H2,1-4H3. The van der Waals surface area contributed by atoms with E-state index >= 15 is 0 Å². The fraction of sp³-hybridized carbons (Fsp3) is 0.571. The highest BCUT2D eigenvalue weighted by atomic mass is 32.2. The van der Waals surface area contributed by atoms with Crippen LogP contribution in [0.15, 0.2) is 34.1 Å². The van der Waals surface area contributed by atoms with Gasteiger partial charge in [-0.1, -0.05) is 27.7 Å². The molecule has 0 aliphatic carbocycles. The zero-order valence-electron chi connectivity index (χ0n) is 13.5. The Morgan fingerprint density at radius 2 is 0.864 bits per heavy atom. The van der Waals surface area contributed by atoms with Crippen LogP contribution in [0, 0.1) is 0 Å². The van der Waals surface area contributed by atoms with Crippen LogP contribution < -0.4 is 0 Å². The average molecular weight is 348 g/mol. The van der Waals surface area contributed by atoms with Crippen molar-refractivity contribution in [2.75, 3.05) is 26.2 Å². The van der Waals surface area contributed by atoms with Crippen LogP contribution >= 0.6 is 0 Å². The average Bonchev–Trinajstić information content (AvgIpc) is 2.49. The molecule has 1 rings (SSSR count). The predicted octanol–water partition coefficient (Wildman–Crippen LogP) is 1.75. The van der Waals surface area contributed by atoms with Crippen molar-refractivity contribution in [1.82, 2.24) is 8.61 Å². The number of hydrogen-bond donors (Lipinski definition) is 0. The third-order valence-corrected chi connectivity index (χ3v) is 7.64. The highest BCUT2D eigenvalue weighted by Crippen LogP contribution is 2.20. The minimum absolute atomic E-state index is 0.106. The van der Waals surface area contributed by atoms with Crippen LogP contribution in [0.25, 0.3) is 0 Å². The number of sulfonamides is 2. The second-order valence-corrected chi connectivity index (χ2v) is 8.53. The topological polar surface area (TPSA) is 74.8 Å². The van der Waals surface area contributed by atoms with E-state index < -0.39 is 20.0 Å². The van der Waals surface area contributed by atoms with Crippen molar-refractivity contribution in [1.29, 1.82) is 0 Å². The van der Waals surface area contributed by atoms with Gasteiger partial charge in [0, 0.05) is 26.2 Å². The Labute approximate surface area is 133 Å². The predicted molar refractivity (Wildman–Crippen MR) is 86.7 cm³/mol. The molecule has 0 N–H and O–H groups in total. The van der Waals surface area contributed by atoms with Gasteiger partial charge < -0.3 is 0 Å². The summed E-state index contributed by atoms with van der Waals surface area (Å²) < 4.78 is 52.1. The van der Waals surface area contributed by atoms with Gasteiger partial charge in [0.15, 0.2) is 0 Å². The maximum absolute atomic E-state index is 12.4. The first kappa shape index (κ1) is 19.1. The molecular formula is C14H24N2O4S2. The van der Waals surface area contributed by atoms with Crippen molar-refractivity contribution >= 4 is 20.0 Å². The van der Waals surface area contributed by atoms with Crippen molar-refractivity contribution in [3.8, 4) is 0 Å². The summed E-state index contributed by atoms with van der Waals surface area (Å²) >= 11 is 0. The van der Waals surface area contributed by atoms with Gasteiger partial charge in [0.25, 0.3) is 0 Å². The molecular weight excluding hydrogens is 324 g/mol. The molecule has 1 aromatic rings. The highest BCUT2D eigenvalue weighted by molar-refractivity contribution is 7.89. The van der Waals surface area contributed by atoms with Gasteiger partial charge in [-0.3, -0.25) is 0 Å². The molecule has 0 atom stereocenters. The van der Waals surface area contributed by atoms with Crippen molar-refractivity contribution in [2.45, 2.75) is 37.5 Å². The molecule has 6 nitrogen and oxygen atoms in total. The summed E-state index contributed by atoms with van der Waals surface area (Å²) in [6.45, 7) is 8.55. The third kappa shape index (κ3) is 3.68. The summed E-state index contributed by atoms with van der Waals surface area (Å²) in [6.07, 6.45) is 0. The minimum atomic E-state index is -3.57. The third-order valence-electron chi connectivity index (χ3n) is 3.51. The van der Waals surface area contributed by atoms with Crippen LogP contribution in [0.5, 0.6) is 0 Å². The zero-order valence-corrected chi connectivity index (χ0v) is 15.1. The van der Waals surface area contributed by atoms with Crippen LogP contribution in [0.2, 0.25) is 0 Å². The van der Waals surface area contributed by atoms with Crippen molar-refractivity contribution in [2.24, 2.45) is 0 Å². The molecule has 0 unspecified atom stereocenters. The van der Waals surface area contributed by atoms with Gasteiger partial charge in [-0.2, -0.15) is 8.61 Å². The second kappa shape index (κ2) is 7.54. The Morgan fingerprint density at radius 3 is 1.05 bits per heavy atom. The van der Waals surface area contributed by atoms with Gasteiger partial charge >= 0.3 is 0 Å². The lowest BCUT2D eigenvalue weighted by molar-refractivity contribution is 0.443. The summed E-state index contributed by atoms with van der Waals surface area (Å²) in [6, 6.07) is 5.40. The first-order valence-corrected chi connectivity index (χ1v) is 10.2. The quantitative estimate of drug-likeness (QED) is 0.717. The molecule has 8 heteroatoms. The second-order valence-electron chi connectivity index (χ2n) is 4.65. The van der Waals surface area contributed by atoms with Gasteiger partial charge in [-0.25, -0.2) is 16.8 Å². The maximum atomic E-state index is 12.4. The van der Waals surface area contributed by atoms with Gasteiger partial charge in [-0.05, 0) is 24.3 Å². The highest BCUT2D eigenvalue weighted by Gasteiger charge is 2.24. The molecule has 0 radical (unpaired) electrons. The number of nitrogens with zero attached hydrogens (tertiary/aromatic N) is 2. The van der Waals surface area contributed by atoms with E-state index in [4.69, 9.17) is 0 Å². The van der Waals surface area contributed by atoms with E-state index in [1.54, 1.807) is 27.7 Å². The number of rotatable bonds is 8. The molecule has 0 aliphatic heterocycles. The van der Waals surface area contributed by atoms with E-state index in [0.717, 1.165) is 0 Å². The smallest absolute Gasteiger partial charge is 0.207 e. The normalized spacial score (nSPS) is 13.0. The fourth-order valence-electron chi connectivity index (χ4n) is 2.21. The Morgan fingerprint density at radius 1 is 0.636 bits per heavy atom. The molecule has 0 saturated heterocycles. The molecule has 1 aromatic carbocycles. The summed E-state index contributed by atoms with van der Waals surface area (Å²) in [5.41, 5.74) is 0. The molecule has 0 heterocycles. The lowest BCUT2D eigenvalue weighted by atomic mass is 10.4. The van der Waals surface area contributed by atoms with E-state index in [0.29, 0.717) is 26.2 Å². The lowest BCUT2D eigenvalue weighted by Gasteiger charge is -2.20. The van der Waals surface area contributed by atoms with Crippen LogP contribution in [-0.2, 0) is 20.0 Å². The minimum Gasteiger partial charge on any atom is -0.207 e. The lowest BCUT2D eigenvalue weighted by Crippen LogP contribution is -2.31. The Balaban J connectivity index is 3.21. The monoisotopic (exact) mass is 348 g/mol. The summed E-state index contributed by atoms with van der Waals surface area (Å²) in [7, 11) is -7.14. The SMILES string of the molecule is CCN(CC)S(=O)(=O)c1ccc(S(=O)(=O)N(CC)CC)cc1.